The molecule has 2 aromatic carbocycles. The quantitative estimate of drug-likeness (QED) is 0.797. The number of carbonyl (C=O) groups excluding carboxylic acids is 1. The van der Waals surface area contributed by atoms with Crippen LogP contribution in [0.15, 0.2) is 42.5 Å². The molecule has 1 amide bonds. The molecule has 0 aliphatic carbocycles. The third-order valence-corrected chi connectivity index (χ3v) is 5.15. The van der Waals surface area contributed by atoms with E-state index in [1.54, 1.807) is 14.2 Å². The summed E-state index contributed by atoms with van der Waals surface area (Å²) in [4.78, 5) is 17.2. The first kappa shape index (κ1) is 20.0. The number of rotatable bonds is 7. The third kappa shape index (κ3) is 4.95. The third-order valence-electron chi connectivity index (χ3n) is 5.15. The Bertz CT molecular complexity index is 784. The number of benzene rings is 2. The highest BCUT2D eigenvalue weighted by Gasteiger charge is 2.16. The molecule has 0 saturated carbocycles. The smallest absolute Gasteiger partial charge is 0.228 e. The normalized spacial score (nSPS) is 14.6. The van der Waals surface area contributed by atoms with Crippen molar-refractivity contribution in [2.24, 2.45) is 0 Å². The predicted octanol–water partition coefficient (Wildman–Crippen LogP) is 3.03. The first-order valence-corrected chi connectivity index (χ1v) is 9.71. The lowest BCUT2D eigenvalue weighted by molar-refractivity contribution is -0.115. The lowest BCUT2D eigenvalue weighted by Crippen LogP contribution is -2.46. The second-order valence-electron chi connectivity index (χ2n) is 6.88. The molecule has 0 spiro atoms. The fourth-order valence-corrected chi connectivity index (χ4v) is 3.46. The van der Waals surface area contributed by atoms with Gasteiger partial charge >= 0.3 is 0 Å². The van der Waals surface area contributed by atoms with Gasteiger partial charge in [-0.1, -0.05) is 13.0 Å². The summed E-state index contributed by atoms with van der Waals surface area (Å²) in [5.74, 6) is 1.22. The number of ether oxygens (including phenoxy) is 2. The van der Waals surface area contributed by atoms with Crippen molar-refractivity contribution in [3.63, 3.8) is 0 Å². The van der Waals surface area contributed by atoms with Crippen molar-refractivity contribution in [3.05, 3.63) is 48.0 Å². The van der Waals surface area contributed by atoms with Crippen LogP contribution >= 0.6 is 0 Å². The fourth-order valence-electron chi connectivity index (χ4n) is 3.46. The van der Waals surface area contributed by atoms with E-state index in [1.165, 1.54) is 5.69 Å². The second kappa shape index (κ2) is 9.46. The summed E-state index contributed by atoms with van der Waals surface area (Å²) in [6, 6.07) is 13.6. The van der Waals surface area contributed by atoms with Crippen molar-refractivity contribution < 1.29 is 14.3 Å². The molecule has 0 unspecified atom stereocenters. The van der Waals surface area contributed by atoms with Crippen LogP contribution in [-0.2, 0) is 11.2 Å². The topological polar surface area (TPSA) is 54.0 Å². The summed E-state index contributed by atoms with van der Waals surface area (Å²) in [7, 11) is 3.18. The lowest BCUT2D eigenvalue weighted by Gasteiger charge is -2.35. The average molecular weight is 383 g/mol. The van der Waals surface area contributed by atoms with Crippen molar-refractivity contribution in [3.8, 4) is 11.5 Å². The average Bonchev–Trinajstić information content (AvgIpc) is 2.74. The first-order valence-electron chi connectivity index (χ1n) is 9.71. The zero-order valence-electron chi connectivity index (χ0n) is 16.9. The number of carbonyl (C=O) groups is 1. The molecule has 6 heteroatoms. The van der Waals surface area contributed by atoms with E-state index in [0.717, 1.165) is 44.0 Å². The van der Waals surface area contributed by atoms with E-state index in [0.29, 0.717) is 11.5 Å². The van der Waals surface area contributed by atoms with Gasteiger partial charge in [0.2, 0.25) is 5.91 Å². The van der Waals surface area contributed by atoms with Gasteiger partial charge in [0, 0.05) is 37.6 Å². The van der Waals surface area contributed by atoms with Crippen LogP contribution in [-0.4, -0.2) is 57.8 Å². The Morgan fingerprint density at radius 1 is 0.964 bits per heavy atom. The van der Waals surface area contributed by atoms with Gasteiger partial charge in [-0.25, -0.2) is 0 Å². The van der Waals surface area contributed by atoms with E-state index in [9.17, 15) is 4.79 Å². The van der Waals surface area contributed by atoms with Crippen molar-refractivity contribution in [2.45, 2.75) is 13.3 Å². The molecule has 0 aromatic heterocycles. The Morgan fingerprint density at radius 2 is 1.64 bits per heavy atom. The second-order valence-corrected chi connectivity index (χ2v) is 6.88. The Hall–Kier alpha value is -2.73. The van der Waals surface area contributed by atoms with Gasteiger partial charge in [-0.15, -0.1) is 0 Å². The first-order chi connectivity index (χ1) is 13.6. The van der Waals surface area contributed by atoms with Crippen LogP contribution in [0.2, 0.25) is 0 Å². The summed E-state index contributed by atoms with van der Waals surface area (Å²) in [5.41, 5.74) is 2.88. The molecule has 1 saturated heterocycles. The molecule has 1 aliphatic heterocycles. The van der Waals surface area contributed by atoms with E-state index in [2.05, 4.69) is 34.2 Å². The van der Waals surface area contributed by atoms with E-state index >= 15 is 0 Å². The predicted molar refractivity (Wildman–Crippen MR) is 113 cm³/mol. The van der Waals surface area contributed by atoms with Gasteiger partial charge in [0.1, 0.15) is 0 Å². The van der Waals surface area contributed by atoms with E-state index in [4.69, 9.17) is 9.47 Å². The zero-order chi connectivity index (χ0) is 19.9. The van der Waals surface area contributed by atoms with Crippen LogP contribution in [0, 0.1) is 0 Å². The molecule has 1 aliphatic rings. The van der Waals surface area contributed by atoms with Crippen LogP contribution < -0.4 is 19.7 Å². The Kier molecular flexibility index (Phi) is 6.76. The number of likely N-dealkylation sites (N-methyl/N-ethyl adjacent to an activating group) is 1. The highest BCUT2D eigenvalue weighted by atomic mass is 16.5. The molecule has 0 atom stereocenters. The fraction of sp³-hybridized carbons (Fsp3) is 0.409. The minimum Gasteiger partial charge on any atom is -0.493 e. The van der Waals surface area contributed by atoms with Gasteiger partial charge < -0.3 is 24.6 Å². The van der Waals surface area contributed by atoms with E-state index in [-0.39, 0.29) is 12.3 Å². The molecular formula is C22H29N3O3. The van der Waals surface area contributed by atoms with Gasteiger partial charge in [-0.3, -0.25) is 4.79 Å². The molecule has 0 radical (unpaired) electrons. The number of hydrogen-bond acceptors (Lipinski definition) is 5. The Balaban J connectivity index is 1.56. The van der Waals surface area contributed by atoms with Gasteiger partial charge in [0.15, 0.2) is 11.5 Å². The van der Waals surface area contributed by atoms with Crippen molar-refractivity contribution in [2.75, 3.05) is 57.2 Å². The maximum Gasteiger partial charge on any atom is 0.228 e. The number of piperazine rings is 1. The maximum absolute atomic E-state index is 12.4. The lowest BCUT2D eigenvalue weighted by atomic mass is 10.1. The van der Waals surface area contributed by atoms with Crippen LogP contribution in [0.25, 0.3) is 0 Å². The van der Waals surface area contributed by atoms with Crippen LogP contribution in [0.5, 0.6) is 11.5 Å². The number of anilines is 2. The van der Waals surface area contributed by atoms with Gasteiger partial charge in [-0.2, -0.15) is 0 Å². The van der Waals surface area contributed by atoms with Crippen molar-refractivity contribution >= 4 is 17.3 Å². The molecule has 0 bridgehead atoms. The largest absolute Gasteiger partial charge is 0.493 e. The number of hydrogen-bond donors (Lipinski definition) is 1. The number of nitrogens with one attached hydrogen (secondary N) is 1. The van der Waals surface area contributed by atoms with Gasteiger partial charge in [0.25, 0.3) is 0 Å². The molecule has 3 rings (SSSR count). The van der Waals surface area contributed by atoms with Crippen LogP contribution in [0.3, 0.4) is 0 Å². The van der Waals surface area contributed by atoms with Crippen LogP contribution in [0.1, 0.15) is 12.5 Å². The SMILES string of the molecule is CCN1CCN(c2ccc(NC(=O)Cc3ccc(OC)c(OC)c3)cc2)CC1. The molecule has 28 heavy (non-hydrogen) atoms. The van der Waals surface area contributed by atoms with Gasteiger partial charge in [0.05, 0.1) is 20.6 Å². The number of amides is 1. The summed E-state index contributed by atoms with van der Waals surface area (Å²) in [6.07, 6.45) is 0.279. The highest BCUT2D eigenvalue weighted by Crippen LogP contribution is 2.28. The molecule has 1 heterocycles. The molecule has 150 valence electrons. The summed E-state index contributed by atoms with van der Waals surface area (Å²) < 4.78 is 10.5. The minimum absolute atomic E-state index is 0.0588. The van der Waals surface area contributed by atoms with Crippen molar-refractivity contribution in [1.82, 2.24) is 4.90 Å². The maximum atomic E-state index is 12.4. The Morgan fingerprint density at radius 3 is 2.25 bits per heavy atom. The summed E-state index contributed by atoms with van der Waals surface area (Å²) in [6.45, 7) is 7.59. The monoisotopic (exact) mass is 383 g/mol. The highest BCUT2D eigenvalue weighted by molar-refractivity contribution is 5.92. The molecule has 6 nitrogen and oxygen atoms in total. The van der Waals surface area contributed by atoms with Crippen molar-refractivity contribution in [1.29, 1.82) is 0 Å². The number of methoxy groups -OCH3 is 2. The van der Waals surface area contributed by atoms with Gasteiger partial charge in [-0.05, 0) is 48.5 Å². The minimum atomic E-state index is -0.0588. The zero-order valence-corrected chi connectivity index (χ0v) is 16.9. The molecule has 1 fully saturated rings. The standard InChI is InChI=1S/C22H29N3O3/c1-4-24-11-13-25(14-12-24)19-8-6-18(7-9-19)23-22(26)16-17-5-10-20(27-2)21(15-17)28-3/h5-10,15H,4,11-14,16H2,1-3H3,(H,23,26). The summed E-state index contributed by atoms with van der Waals surface area (Å²) in [5, 5.41) is 2.97. The molecule has 1 N–H and O–H groups in total. The Labute approximate surface area is 167 Å². The number of nitrogens with zero attached hydrogens (tertiary/aromatic N) is 2. The van der Waals surface area contributed by atoms with E-state index in [1.807, 2.05) is 30.3 Å². The molecular weight excluding hydrogens is 354 g/mol. The summed E-state index contributed by atoms with van der Waals surface area (Å²) >= 11 is 0. The van der Waals surface area contributed by atoms with E-state index < -0.39 is 0 Å². The van der Waals surface area contributed by atoms with Crippen LogP contribution in [0.4, 0.5) is 11.4 Å². The molecule has 2 aromatic rings.